The van der Waals surface area contributed by atoms with E-state index in [-0.39, 0.29) is 11.8 Å². The highest BCUT2D eigenvalue weighted by molar-refractivity contribution is 6.01. The van der Waals surface area contributed by atoms with E-state index in [0.29, 0.717) is 24.4 Å². The third kappa shape index (κ3) is 2.45. The first kappa shape index (κ1) is 13.8. The van der Waals surface area contributed by atoms with Crippen LogP contribution in [-0.4, -0.2) is 28.7 Å². The Labute approximate surface area is 123 Å². The van der Waals surface area contributed by atoms with Gasteiger partial charge < -0.3 is 10.1 Å². The van der Waals surface area contributed by atoms with Gasteiger partial charge in [-0.05, 0) is 24.5 Å². The van der Waals surface area contributed by atoms with E-state index in [2.05, 4.69) is 22.5 Å². The van der Waals surface area contributed by atoms with Crippen LogP contribution in [0.15, 0.2) is 30.5 Å². The van der Waals surface area contributed by atoms with Gasteiger partial charge in [0, 0.05) is 13.1 Å². The number of nitrogens with zero attached hydrogens (tertiary/aromatic N) is 2. The van der Waals surface area contributed by atoms with Crippen LogP contribution in [0.4, 0.5) is 0 Å². The van der Waals surface area contributed by atoms with Crippen LogP contribution < -0.4 is 10.1 Å². The molecule has 5 heteroatoms. The van der Waals surface area contributed by atoms with E-state index in [4.69, 9.17) is 4.74 Å². The number of methoxy groups -OCH3 is 1. The van der Waals surface area contributed by atoms with Crippen molar-refractivity contribution in [3.63, 3.8) is 0 Å². The van der Waals surface area contributed by atoms with Crippen molar-refractivity contribution in [3.05, 3.63) is 47.3 Å². The summed E-state index contributed by atoms with van der Waals surface area (Å²) in [6.07, 6.45) is 2.31. The topological polar surface area (TPSA) is 56.2 Å². The predicted octanol–water partition coefficient (Wildman–Crippen LogP) is 1.81. The van der Waals surface area contributed by atoms with Gasteiger partial charge in [-0.2, -0.15) is 5.10 Å². The molecule has 0 fully saturated rings. The van der Waals surface area contributed by atoms with Gasteiger partial charge in [0.25, 0.3) is 0 Å². The van der Waals surface area contributed by atoms with E-state index < -0.39 is 0 Å². The number of carbonyl (C=O) groups is 1. The molecule has 21 heavy (non-hydrogen) atoms. The Morgan fingerprint density at radius 2 is 2.19 bits per heavy atom. The molecular weight excluding hydrogens is 266 g/mol. The largest absolute Gasteiger partial charge is 0.493 e. The van der Waals surface area contributed by atoms with Gasteiger partial charge in [0.15, 0.2) is 5.75 Å². The lowest BCUT2D eigenvalue weighted by Crippen LogP contribution is -2.42. The molecule has 0 saturated carbocycles. The molecule has 1 aliphatic heterocycles. The Balaban J connectivity index is 1.89. The number of benzene rings is 1. The zero-order chi connectivity index (χ0) is 14.8. The molecule has 0 bridgehead atoms. The standard InChI is InChI=1S/C16H19N3O2/c1-3-19-15(14(21-2)10-18-19)16(20)13-8-11-6-4-5-7-12(11)9-17-13/h4-7,10,13,17H,3,8-9H2,1-2H3. The maximum absolute atomic E-state index is 12.8. The van der Waals surface area contributed by atoms with Crippen molar-refractivity contribution >= 4 is 5.78 Å². The maximum Gasteiger partial charge on any atom is 0.201 e. The highest BCUT2D eigenvalue weighted by atomic mass is 16.5. The Hall–Kier alpha value is -2.14. The van der Waals surface area contributed by atoms with E-state index in [1.807, 2.05) is 19.1 Å². The summed E-state index contributed by atoms with van der Waals surface area (Å²) in [5.74, 6) is 0.586. The second-order valence-corrected chi connectivity index (χ2v) is 5.15. The fourth-order valence-electron chi connectivity index (χ4n) is 2.81. The minimum atomic E-state index is -0.226. The highest BCUT2D eigenvalue weighted by Crippen LogP contribution is 2.23. The van der Waals surface area contributed by atoms with Gasteiger partial charge in [-0.1, -0.05) is 24.3 Å². The molecular formula is C16H19N3O2. The molecule has 1 aromatic carbocycles. The van der Waals surface area contributed by atoms with Gasteiger partial charge in [-0.3, -0.25) is 9.48 Å². The van der Waals surface area contributed by atoms with Crippen LogP contribution in [0, 0.1) is 0 Å². The number of Topliss-reactive ketones (excluding diaryl/α,β-unsaturated/α-hetero) is 1. The van der Waals surface area contributed by atoms with Gasteiger partial charge >= 0.3 is 0 Å². The average molecular weight is 285 g/mol. The van der Waals surface area contributed by atoms with Crippen LogP contribution in [0.5, 0.6) is 5.75 Å². The van der Waals surface area contributed by atoms with Crippen LogP contribution in [0.3, 0.4) is 0 Å². The fraction of sp³-hybridized carbons (Fsp3) is 0.375. The molecule has 1 N–H and O–H groups in total. The summed E-state index contributed by atoms with van der Waals surface area (Å²) in [4.78, 5) is 12.8. The molecule has 3 rings (SSSR count). The molecule has 1 atom stereocenters. The molecule has 0 spiro atoms. The van der Waals surface area contributed by atoms with Crippen LogP contribution >= 0.6 is 0 Å². The molecule has 1 unspecified atom stereocenters. The predicted molar refractivity (Wildman–Crippen MR) is 79.6 cm³/mol. The Morgan fingerprint density at radius 1 is 1.43 bits per heavy atom. The summed E-state index contributed by atoms with van der Waals surface area (Å²) in [5, 5.41) is 7.53. The first-order chi connectivity index (χ1) is 10.2. The van der Waals surface area contributed by atoms with E-state index in [1.54, 1.807) is 18.0 Å². The van der Waals surface area contributed by atoms with Gasteiger partial charge in [0.1, 0.15) is 5.69 Å². The number of hydrogen-bond donors (Lipinski definition) is 1. The molecule has 0 radical (unpaired) electrons. The van der Waals surface area contributed by atoms with E-state index in [1.165, 1.54) is 11.1 Å². The number of ketones is 1. The summed E-state index contributed by atoms with van der Waals surface area (Å²) >= 11 is 0. The Morgan fingerprint density at radius 3 is 2.90 bits per heavy atom. The summed E-state index contributed by atoms with van der Waals surface area (Å²) in [6, 6.07) is 8.00. The monoisotopic (exact) mass is 285 g/mol. The summed E-state index contributed by atoms with van der Waals surface area (Å²) in [7, 11) is 1.57. The lowest BCUT2D eigenvalue weighted by molar-refractivity contribution is 0.0924. The third-order valence-electron chi connectivity index (χ3n) is 3.96. The van der Waals surface area contributed by atoms with Crippen molar-refractivity contribution in [2.75, 3.05) is 7.11 Å². The molecule has 0 amide bonds. The van der Waals surface area contributed by atoms with Crippen LogP contribution in [-0.2, 0) is 19.5 Å². The van der Waals surface area contributed by atoms with Crippen molar-refractivity contribution in [1.82, 2.24) is 15.1 Å². The first-order valence-electron chi connectivity index (χ1n) is 7.18. The summed E-state index contributed by atoms with van der Waals surface area (Å²) in [5.41, 5.74) is 3.05. The summed E-state index contributed by atoms with van der Waals surface area (Å²) in [6.45, 7) is 3.33. The number of ether oxygens (including phenoxy) is 1. The second-order valence-electron chi connectivity index (χ2n) is 5.15. The second kappa shape index (κ2) is 5.69. The number of fused-ring (bicyclic) bond motifs is 1. The number of carbonyl (C=O) groups excluding carboxylic acids is 1. The van der Waals surface area contributed by atoms with Crippen LogP contribution in [0.1, 0.15) is 28.5 Å². The van der Waals surface area contributed by atoms with Crippen molar-refractivity contribution in [1.29, 1.82) is 0 Å². The molecule has 1 aromatic heterocycles. The van der Waals surface area contributed by atoms with E-state index in [0.717, 1.165) is 6.54 Å². The number of hydrogen-bond acceptors (Lipinski definition) is 4. The fourth-order valence-corrected chi connectivity index (χ4v) is 2.81. The third-order valence-corrected chi connectivity index (χ3v) is 3.96. The molecule has 0 saturated heterocycles. The van der Waals surface area contributed by atoms with Gasteiger partial charge in [-0.15, -0.1) is 0 Å². The molecule has 5 nitrogen and oxygen atoms in total. The average Bonchev–Trinajstić information content (AvgIpc) is 2.96. The van der Waals surface area contributed by atoms with Crippen molar-refractivity contribution in [2.24, 2.45) is 0 Å². The normalized spacial score (nSPS) is 17.3. The smallest absolute Gasteiger partial charge is 0.201 e. The lowest BCUT2D eigenvalue weighted by atomic mass is 9.92. The number of aryl methyl sites for hydroxylation is 1. The van der Waals surface area contributed by atoms with Crippen molar-refractivity contribution < 1.29 is 9.53 Å². The quantitative estimate of drug-likeness (QED) is 0.870. The van der Waals surface area contributed by atoms with Gasteiger partial charge in [0.05, 0.1) is 19.3 Å². The summed E-state index contributed by atoms with van der Waals surface area (Å²) < 4.78 is 6.98. The number of nitrogens with one attached hydrogen (secondary N) is 1. The van der Waals surface area contributed by atoms with Gasteiger partial charge in [-0.25, -0.2) is 0 Å². The Kier molecular flexibility index (Phi) is 3.75. The SMILES string of the molecule is CCn1ncc(OC)c1C(=O)C1Cc2ccccc2CN1. The molecule has 110 valence electrons. The van der Waals surface area contributed by atoms with Crippen LogP contribution in [0.25, 0.3) is 0 Å². The first-order valence-corrected chi connectivity index (χ1v) is 7.18. The molecule has 0 aliphatic carbocycles. The Bertz CT molecular complexity index is 642. The minimum absolute atomic E-state index is 0.0423. The van der Waals surface area contributed by atoms with Crippen molar-refractivity contribution in [2.45, 2.75) is 32.5 Å². The zero-order valence-electron chi connectivity index (χ0n) is 12.3. The van der Waals surface area contributed by atoms with E-state index in [9.17, 15) is 4.79 Å². The molecule has 2 aromatic rings. The van der Waals surface area contributed by atoms with Gasteiger partial charge in [0.2, 0.25) is 5.78 Å². The highest BCUT2D eigenvalue weighted by Gasteiger charge is 2.29. The molecule has 1 aliphatic rings. The maximum atomic E-state index is 12.8. The number of rotatable bonds is 4. The zero-order valence-corrected chi connectivity index (χ0v) is 12.3. The van der Waals surface area contributed by atoms with Crippen molar-refractivity contribution in [3.8, 4) is 5.75 Å². The molecule has 2 heterocycles. The number of aromatic nitrogens is 2. The lowest BCUT2D eigenvalue weighted by Gasteiger charge is -2.25. The van der Waals surface area contributed by atoms with Crippen LogP contribution in [0.2, 0.25) is 0 Å². The minimum Gasteiger partial charge on any atom is -0.493 e. The van der Waals surface area contributed by atoms with E-state index >= 15 is 0 Å².